The van der Waals surface area contributed by atoms with Crippen molar-refractivity contribution in [3.8, 4) is 0 Å². The lowest BCUT2D eigenvalue weighted by molar-refractivity contribution is -0.146. The van der Waals surface area contributed by atoms with Crippen molar-refractivity contribution < 1.29 is 9.59 Å². The summed E-state index contributed by atoms with van der Waals surface area (Å²) in [6, 6.07) is 1.91. The van der Waals surface area contributed by atoms with Gasteiger partial charge in [-0.3, -0.25) is 14.7 Å². The first-order valence-electron chi connectivity index (χ1n) is 10.3. The van der Waals surface area contributed by atoms with Crippen LogP contribution in [0.3, 0.4) is 0 Å². The Morgan fingerprint density at radius 3 is 2.77 bits per heavy atom. The second kappa shape index (κ2) is 6.10. The van der Waals surface area contributed by atoms with Crippen molar-refractivity contribution in [2.24, 2.45) is 11.3 Å². The number of amides is 2. The quantitative estimate of drug-likeness (QED) is 0.901. The number of likely N-dealkylation sites (tertiary alicyclic amines) is 2. The highest BCUT2D eigenvalue weighted by Gasteiger charge is 2.50. The molecule has 2 saturated heterocycles. The molecule has 1 atom stereocenters. The Hall–Kier alpha value is -1.85. The number of aromatic amines is 1. The molecule has 6 heteroatoms. The highest BCUT2D eigenvalue weighted by atomic mass is 16.2. The molecule has 2 aliphatic heterocycles. The van der Waals surface area contributed by atoms with Crippen LogP contribution in [-0.2, 0) is 4.79 Å². The first kappa shape index (κ1) is 16.3. The van der Waals surface area contributed by atoms with Gasteiger partial charge in [0, 0.05) is 37.8 Å². The molecule has 1 aromatic heterocycles. The first-order chi connectivity index (χ1) is 12.6. The molecule has 4 aliphatic rings. The van der Waals surface area contributed by atoms with Gasteiger partial charge in [0.05, 0.1) is 5.41 Å². The standard InChI is InChI=1S/C20H28N4O2/c25-18(17-11-16(21-22-17)15-5-6-15)24-10-8-20(13-24)7-2-9-23(19(20)26)12-14-3-1-4-14/h11,14-15H,1-10,12-13H2,(H,21,22)/t20-/m1/s1. The average molecular weight is 356 g/mol. The number of nitrogens with zero attached hydrogens (tertiary/aromatic N) is 3. The largest absolute Gasteiger partial charge is 0.342 e. The number of piperidine rings is 1. The minimum absolute atomic E-state index is 0.0195. The summed E-state index contributed by atoms with van der Waals surface area (Å²) in [5.41, 5.74) is 1.26. The molecular formula is C20H28N4O2. The van der Waals surface area contributed by atoms with Gasteiger partial charge >= 0.3 is 0 Å². The summed E-state index contributed by atoms with van der Waals surface area (Å²) in [5.74, 6) is 1.55. The Balaban J connectivity index is 1.27. The molecule has 2 aliphatic carbocycles. The summed E-state index contributed by atoms with van der Waals surface area (Å²) in [5, 5.41) is 7.26. The lowest BCUT2D eigenvalue weighted by Crippen LogP contribution is -2.52. The molecule has 2 amide bonds. The lowest BCUT2D eigenvalue weighted by Gasteiger charge is -2.42. The fourth-order valence-electron chi connectivity index (χ4n) is 4.95. The number of carbonyl (C=O) groups is 2. The lowest BCUT2D eigenvalue weighted by atomic mass is 9.77. The molecule has 4 fully saturated rings. The van der Waals surface area contributed by atoms with Crippen LogP contribution in [0.5, 0.6) is 0 Å². The molecule has 5 rings (SSSR count). The van der Waals surface area contributed by atoms with Crippen molar-refractivity contribution in [3.05, 3.63) is 17.5 Å². The van der Waals surface area contributed by atoms with Gasteiger partial charge in [-0.15, -0.1) is 0 Å². The molecule has 0 unspecified atom stereocenters. The van der Waals surface area contributed by atoms with Crippen LogP contribution in [0.4, 0.5) is 0 Å². The normalized spacial score (nSPS) is 29.5. The van der Waals surface area contributed by atoms with E-state index in [-0.39, 0.29) is 11.3 Å². The fourth-order valence-corrected chi connectivity index (χ4v) is 4.95. The SMILES string of the molecule is O=C(c1cc(C2CC2)[nH]n1)N1CC[C@]2(CCCN(CC3CCC3)C2=O)C1. The Morgan fingerprint density at radius 2 is 2.04 bits per heavy atom. The van der Waals surface area contributed by atoms with Gasteiger partial charge < -0.3 is 9.80 Å². The van der Waals surface area contributed by atoms with E-state index < -0.39 is 0 Å². The molecule has 0 radical (unpaired) electrons. The summed E-state index contributed by atoms with van der Waals surface area (Å²) in [6.07, 6.45) is 9.01. The van der Waals surface area contributed by atoms with E-state index in [1.165, 1.54) is 32.1 Å². The molecule has 0 aromatic carbocycles. The van der Waals surface area contributed by atoms with E-state index in [2.05, 4.69) is 15.1 Å². The van der Waals surface area contributed by atoms with Crippen LogP contribution in [0.25, 0.3) is 0 Å². The second-order valence-electron chi connectivity index (χ2n) is 8.89. The zero-order valence-corrected chi connectivity index (χ0v) is 15.4. The van der Waals surface area contributed by atoms with Crippen molar-refractivity contribution >= 4 is 11.8 Å². The van der Waals surface area contributed by atoms with Crippen LogP contribution >= 0.6 is 0 Å². The highest BCUT2D eigenvalue weighted by molar-refractivity contribution is 5.94. The van der Waals surface area contributed by atoms with E-state index in [0.29, 0.717) is 36.5 Å². The van der Waals surface area contributed by atoms with Gasteiger partial charge in [0.25, 0.3) is 5.91 Å². The van der Waals surface area contributed by atoms with Crippen molar-refractivity contribution in [2.75, 3.05) is 26.2 Å². The van der Waals surface area contributed by atoms with E-state index in [4.69, 9.17) is 0 Å². The molecular weight excluding hydrogens is 328 g/mol. The third kappa shape index (κ3) is 2.74. The van der Waals surface area contributed by atoms with Gasteiger partial charge in [0.1, 0.15) is 5.69 Å². The number of hydrogen-bond acceptors (Lipinski definition) is 3. The summed E-state index contributed by atoms with van der Waals surface area (Å²) < 4.78 is 0. The Bertz CT molecular complexity index is 721. The van der Waals surface area contributed by atoms with Crippen molar-refractivity contribution in [3.63, 3.8) is 0 Å². The summed E-state index contributed by atoms with van der Waals surface area (Å²) in [7, 11) is 0. The molecule has 2 saturated carbocycles. The average Bonchev–Trinajstić information content (AvgIpc) is 3.18. The van der Waals surface area contributed by atoms with Gasteiger partial charge in [-0.25, -0.2) is 0 Å². The molecule has 1 N–H and O–H groups in total. The van der Waals surface area contributed by atoms with E-state index >= 15 is 0 Å². The van der Waals surface area contributed by atoms with Crippen molar-refractivity contribution in [1.82, 2.24) is 20.0 Å². The maximum atomic E-state index is 13.2. The molecule has 1 spiro atoms. The molecule has 3 heterocycles. The maximum Gasteiger partial charge on any atom is 0.274 e. The van der Waals surface area contributed by atoms with Crippen molar-refractivity contribution in [1.29, 1.82) is 0 Å². The van der Waals surface area contributed by atoms with Crippen LogP contribution in [0.15, 0.2) is 6.07 Å². The second-order valence-corrected chi connectivity index (χ2v) is 8.89. The van der Waals surface area contributed by atoms with Crippen LogP contribution in [0, 0.1) is 11.3 Å². The molecule has 140 valence electrons. The summed E-state index contributed by atoms with van der Waals surface area (Å²) >= 11 is 0. The zero-order valence-electron chi connectivity index (χ0n) is 15.4. The number of carbonyl (C=O) groups excluding carboxylic acids is 2. The van der Waals surface area contributed by atoms with Gasteiger partial charge in [-0.05, 0) is 56.9 Å². The van der Waals surface area contributed by atoms with Crippen LogP contribution in [0.2, 0.25) is 0 Å². The van der Waals surface area contributed by atoms with E-state index in [1.54, 1.807) is 0 Å². The minimum atomic E-state index is -0.340. The minimum Gasteiger partial charge on any atom is -0.342 e. The predicted molar refractivity (Wildman–Crippen MR) is 96.7 cm³/mol. The van der Waals surface area contributed by atoms with Gasteiger partial charge in [-0.2, -0.15) is 5.10 Å². The van der Waals surface area contributed by atoms with Gasteiger partial charge in [0.15, 0.2) is 0 Å². The Morgan fingerprint density at radius 1 is 1.19 bits per heavy atom. The van der Waals surface area contributed by atoms with E-state index in [0.717, 1.165) is 38.0 Å². The van der Waals surface area contributed by atoms with E-state index in [1.807, 2.05) is 11.0 Å². The van der Waals surface area contributed by atoms with Gasteiger partial charge in [-0.1, -0.05) is 6.42 Å². The number of hydrogen-bond donors (Lipinski definition) is 1. The van der Waals surface area contributed by atoms with Crippen LogP contribution in [-0.4, -0.2) is 58.0 Å². The van der Waals surface area contributed by atoms with Gasteiger partial charge in [0.2, 0.25) is 5.91 Å². The summed E-state index contributed by atoms with van der Waals surface area (Å²) in [6.45, 7) is 3.07. The molecule has 1 aromatic rings. The fraction of sp³-hybridized carbons (Fsp3) is 0.750. The smallest absolute Gasteiger partial charge is 0.274 e. The number of H-pyrrole nitrogens is 1. The van der Waals surface area contributed by atoms with Crippen LogP contribution in [0.1, 0.15) is 73.5 Å². The molecule has 26 heavy (non-hydrogen) atoms. The topological polar surface area (TPSA) is 69.3 Å². The number of nitrogens with one attached hydrogen (secondary N) is 1. The summed E-state index contributed by atoms with van der Waals surface area (Å²) in [4.78, 5) is 30.0. The zero-order chi connectivity index (χ0) is 17.7. The third-order valence-corrected chi connectivity index (χ3v) is 7.00. The monoisotopic (exact) mass is 356 g/mol. The number of rotatable bonds is 4. The third-order valence-electron chi connectivity index (χ3n) is 7.00. The highest BCUT2D eigenvalue weighted by Crippen LogP contribution is 2.42. The van der Waals surface area contributed by atoms with Crippen LogP contribution < -0.4 is 0 Å². The number of aromatic nitrogens is 2. The molecule has 6 nitrogen and oxygen atoms in total. The maximum absolute atomic E-state index is 13.2. The Labute approximate surface area is 154 Å². The Kier molecular flexibility index (Phi) is 3.83. The first-order valence-corrected chi connectivity index (χ1v) is 10.3. The predicted octanol–water partition coefficient (Wildman–Crippen LogP) is 2.54. The molecule has 0 bridgehead atoms. The van der Waals surface area contributed by atoms with Crippen molar-refractivity contribution in [2.45, 2.75) is 57.3 Å². The van der Waals surface area contributed by atoms with E-state index in [9.17, 15) is 9.59 Å².